The first-order chi connectivity index (χ1) is 12.8. The summed E-state index contributed by atoms with van der Waals surface area (Å²) in [5.74, 6) is -1.80. The van der Waals surface area contributed by atoms with Gasteiger partial charge in [0, 0.05) is 25.2 Å². The Morgan fingerprint density at radius 2 is 1.85 bits per heavy atom. The molecule has 2 aromatic carbocycles. The predicted octanol–water partition coefficient (Wildman–Crippen LogP) is 2.99. The van der Waals surface area contributed by atoms with Gasteiger partial charge >= 0.3 is 5.97 Å². The summed E-state index contributed by atoms with van der Waals surface area (Å²) < 4.78 is 0. The molecular formula is C21H22N2O4. The number of carboxylic acid groups (broad SMARTS) is 1. The van der Waals surface area contributed by atoms with Crippen molar-refractivity contribution in [2.75, 3.05) is 11.9 Å². The Bertz CT molecular complexity index is 890. The minimum absolute atomic E-state index is 0.0501. The molecule has 1 fully saturated rings. The third-order valence-corrected chi connectivity index (χ3v) is 4.81. The maximum absolute atomic E-state index is 12.5. The summed E-state index contributed by atoms with van der Waals surface area (Å²) in [5.41, 5.74) is 3.38. The summed E-state index contributed by atoms with van der Waals surface area (Å²) in [4.78, 5) is 37.7. The van der Waals surface area contributed by atoms with Crippen LogP contribution in [0, 0.1) is 19.8 Å². The summed E-state index contributed by atoms with van der Waals surface area (Å²) in [5, 5.41) is 11.9. The van der Waals surface area contributed by atoms with E-state index >= 15 is 0 Å². The standard InChI is InChI=1S/C21H22N2O4/c1-13-3-6-15(7-4-13)11-23-12-16(9-19(23)24)20(25)22-17-8-5-14(2)18(10-17)21(26)27/h3-8,10,16H,9,11-12H2,1-2H3,(H,22,25)(H,26,27). The van der Waals surface area contributed by atoms with Crippen molar-refractivity contribution >= 4 is 23.5 Å². The van der Waals surface area contributed by atoms with Gasteiger partial charge in [-0.3, -0.25) is 9.59 Å². The Labute approximate surface area is 157 Å². The van der Waals surface area contributed by atoms with Gasteiger partial charge in [-0.15, -0.1) is 0 Å². The highest BCUT2D eigenvalue weighted by molar-refractivity contribution is 5.98. The fraction of sp³-hybridized carbons (Fsp3) is 0.286. The molecule has 0 aromatic heterocycles. The second-order valence-corrected chi connectivity index (χ2v) is 6.99. The van der Waals surface area contributed by atoms with E-state index < -0.39 is 11.9 Å². The van der Waals surface area contributed by atoms with Crippen molar-refractivity contribution in [2.24, 2.45) is 5.92 Å². The summed E-state index contributed by atoms with van der Waals surface area (Å²) in [7, 11) is 0. The Balaban J connectivity index is 1.64. The topological polar surface area (TPSA) is 86.7 Å². The van der Waals surface area contributed by atoms with Gasteiger partial charge in [-0.25, -0.2) is 4.79 Å². The molecule has 2 aromatic rings. The summed E-state index contributed by atoms with van der Waals surface area (Å²) >= 11 is 0. The monoisotopic (exact) mass is 366 g/mol. The minimum Gasteiger partial charge on any atom is -0.478 e. The molecule has 0 saturated carbocycles. The van der Waals surface area contributed by atoms with E-state index in [2.05, 4.69) is 5.32 Å². The van der Waals surface area contributed by atoms with Crippen LogP contribution in [0.5, 0.6) is 0 Å². The molecule has 0 aliphatic carbocycles. The molecule has 140 valence electrons. The zero-order valence-corrected chi connectivity index (χ0v) is 15.4. The van der Waals surface area contributed by atoms with Crippen LogP contribution in [0.2, 0.25) is 0 Å². The number of benzene rings is 2. The van der Waals surface area contributed by atoms with E-state index in [1.54, 1.807) is 24.0 Å². The highest BCUT2D eigenvalue weighted by Gasteiger charge is 2.34. The summed E-state index contributed by atoms with van der Waals surface area (Å²) in [6.07, 6.45) is 0.162. The Hall–Kier alpha value is -3.15. The molecule has 1 heterocycles. The molecule has 27 heavy (non-hydrogen) atoms. The number of hydrogen-bond donors (Lipinski definition) is 2. The number of likely N-dealkylation sites (tertiary alicyclic amines) is 1. The maximum atomic E-state index is 12.5. The normalized spacial score (nSPS) is 16.4. The second kappa shape index (κ2) is 7.61. The van der Waals surface area contributed by atoms with Gasteiger partial charge in [-0.2, -0.15) is 0 Å². The van der Waals surface area contributed by atoms with Crippen molar-refractivity contribution in [1.82, 2.24) is 4.90 Å². The maximum Gasteiger partial charge on any atom is 0.336 e. The van der Waals surface area contributed by atoms with Crippen molar-refractivity contribution in [1.29, 1.82) is 0 Å². The van der Waals surface area contributed by atoms with Gasteiger partial charge in [-0.1, -0.05) is 35.9 Å². The van der Waals surface area contributed by atoms with Crippen LogP contribution < -0.4 is 5.32 Å². The molecule has 1 saturated heterocycles. The molecule has 0 radical (unpaired) electrons. The first-order valence-corrected chi connectivity index (χ1v) is 8.81. The molecular weight excluding hydrogens is 344 g/mol. The average Bonchev–Trinajstić information content (AvgIpc) is 2.99. The molecule has 1 unspecified atom stereocenters. The van der Waals surface area contributed by atoms with E-state index in [1.807, 2.05) is 31.2 Å². The lowest BCUT2D eigenvalue weighted by Crippen LogP contribution is -2.28. The van der Waals surface area contributed by atoms with Crippen molar-refractivity contribution in [3.8, 4) is 0 Å². The first-order valence-electron chi connectivity index (χ1n) is 8.81. The van der Waals surface area contributed by atoms with E-state index in [9.17, 15) is 19.5 Å². The van der Waals surface area contributed by atoms with E-state index in [-0.39, 0.29) is 23.8 Å². The molecule has 6 heteroatoms. The average molecular weight is 366 g/mol. The highest BCUT2D eigenvalue weighted by atomic mass is 16.4. The lowest BCUT2D eigenvalue weighted by atomic mass is 10.1. The molecule has 0 bridgehead atoms. The number of aryl methyl sites for hydroxylation is 2. The zero-order valence-electron chi connectivity index (χ0n) is 15.4. The Morgan fingerprint density at radius 1 is 1.15 bits per heavy atom. The van der Waals surface area contributed by atoms with E-state index in [0.717, 1.165) is 11.1 Å². The van der Waals surface area contributed by atoms with Gasteiger partial charge in [0.25, 0.3) is 0 Å². The van der Waals surface area contributed by atoms with Gasteiger partial charge in [0.15, 0.2) is 0 Å². The fourth-order valence-electron chi connectivity index (χ4n) is 3.19. The van der Waals surface area contributed by atoms with Crippen LogP contribution in [0.15, 0.2) is 42.5 Å². The van der Waals surface area contributed by atoms with E-state index in [1.165, 1.54) is 6.07 Å². The van der Waals surface area contributed by atoms with Crippen molar-refractivity contribution in [3.05, 3.63) is 64.7 Å². The van der Waals surface area contributed by atoms with E-state index in [0.29, 0.717) is 24.3 Å². The first kappa shape index (κ1) is 18.6. The Morgan fingerprint density at radius 3 is 2.52 bits per heavy atom. The summed E-state index contributed by atoms with van der Waals surface area (Å²) in [6.45, 7) is 4.55. The lowest BCUT2D eigenvalue weighted by Gasteiger charge is -2.17. The SMILES string of the molecule is Cc1ccc(CN2CC(C(=O)Nc3ccc(C)c(C(=O)O)c3)CC2=O)cc1. The highest BCUT2D eigenvalue weighted by Crippen LogP contribution is 2.23. The number of hydrogen-bond acceptors (Lipinski definition) is 3. The number of nitrogens with one attached hydrogen (secondary N) is 1. The third kappa shape index (κ3) is 4.34. The molecule has 0 spiro atoms. The van der Waals surface area contributed by atoms with Gasteiger partial charge < -0.3 is 15.3 Å². The second-order valence-electron chi connectivity index (χ2n) is 6.99. The van der Waals surface area contributed by atoms with Crippen LogP contribution in [-0.4, -0.2) is 34.3 Å². The van der Waals surface area contributed by atoms with E-state index in [4.69, 9.17) is 0 Å². The van der Waals surface area contributed by atoms with Crippen LogP contribution >= 0.6 is 0 Å². The van der Waals surface area contributed by atoms with Crippen LogP contribution in [0.1, 0.15) is 33.5 Å². The van der Waals surface area contributed by atoms with Crippen molar-refractivity contribution < 1.29 is 19.5 Å². The number of rotatable bonds is 5. The number of carbonyl (C=O) groups is 3. The molecule has 1 aliphatic heterocycles. The molecule has 2 amide bonds. The minimum atomic E-state index is -1.04. The lowest BCUT2D eigenvalue weighted by molar-refractivity contribution is -0.128. The summed E-state index contributed by atoms with van der Waals surface area (Å²) in [6, 6.07) is 12.7. The van der Waals surface area contributed by atoms with Crippen molar-refractivity contribution in [3.63, 3.8) is 0 Å². The number of carbonyl (C=O) groups excluding carboxylic acids is 2. The quantitative estimate of drug-likeness (QED) is 0.852. The van der Waals surface area contributed by atoms with Crippen LogP contribution in [0.4, 0.5) is 5.69 Å². The van der Waals surface area contributed by atoms with Gasteiger partial charge in [0.2, 0.25) is 11.8 Å². The fourth-order valence-corrected chi connectivity index (χ4v) is 3.19. The van der Waals surface area contributed by atoms with Gasteiger partial charge in [0.1, 0.15) is 0 Å². The smallest absolute Gasteiger partial charge is 0.336 e. The predicted molar refractivity (Wildman–Crippen MR) is 101 cm³/mol. The van der Waals surface area contributed by atoms with Crippen LogP contribution in [0.3, 0.4) is 0 Å². The largest absolute Gasteiger partial charge is 0.478 e. The molecule has 6 nitrogen and oxygen atoms in total. The molecule has 2 N–H and O–H groups in total. The number of anilines is 1. The molecule has 1 atom stereocenters. The Kier molecular flexibility index (Phi) is 5.26. The molecule has 3 rings (SSSR count). The number of carboxylic acids is 1. The third-order valence-electron chi connectivity index (χ3n) is 4.81. The number of nitrogens with zero attached hydrogens (tertiary/aromatic N) is 1. The number of aromatic carboxylic acids is 1. The van der Waals surface area contributed by atoms with Crippen molar-refractivity contribution in [2.45, 2.75) is 26.8 Å². The zero-order chi connectivity index (χ0) is 19.6. The van der Waals surface area contributed by atoms with Gasteiger partial charge in [0.05, 0.1) is 11.5 Å². The van der Waals surface area contributed by atoms with Gasteiger partial charge in [-0.05, 0) is 37.1 Å². The van der Waals surface area contributed by atoms with Crippen LogP contribution in [-0.2, 0) is 16.1 Å². The molecule has 1 aliphatic rings. The van der Waals surface area contributed by atoms with Crippen LogP contribution in [0.25, 0.3) is 0 Å². The number of amides is 2.